The lowest BCUT2D eigenvalue weighted by Gasteiger charge is -2.21. The summed E-state index contributed by atoms with van der Waals surface area (Å²) in [5, 5.41) is 0. The van der Waals surface area contributed by atoms with E-state index in [1.165, 1.54) is 0 Å². The number of nitrogens with zero attached hydrogens (tertiary/aromatic N) is 1. The molecule has 3 nitrogen and oxygen atoms in total. The molecule has 2 aliphatic rings. The molecule has 1 aliphatic heterocycles. The van der Waals surface area contributed by atoms with Crippen LogP contribution in [0.25, 0.3) is 0 Å². The lowest BCUT2D eigenvalue weighted by Crippen LogP contribution is -2.31. The average molecular weight is 319 g/mol. The fourth-order valence-electron chi connectivity index (χ4n) is 4.14. The Balaban J connectivity index is 1.78. The van der Waals surface area contributed by atoms with Crippen LogP contribution in [0.3, 0.4) is 0 Å². The standard InChI is InChI=1S/C18H25NO2S/c1-4-5-15-10-16-11-19(12-18(16)14(15)3)22(20,21)17-8-6-13(2)7-9-17/h4-9,14-16,18H,10-12H2,1-3H3/b5-4+/t14-,15-,16+,18+/m1/s1. The van der Waals surface area contributed by atoms with Crippen LogP contribution in [0.5, 0.6) is 0 Å². The predicted octanol–water partition coefficient (Wildman–Crippen LogP) is 3.46. The summed E-state index contributed by atoms with van der Waals surface area (Å²) in [5.41, 5.74) is 1.08. The van der Waals surface area contributed by atoms with Crippen molar-refractivity contribution in [1.82, 2.24) is 4.31 Å². The van der Waals surface area contributed by atoms with Gasteiger partial charge in [-0.2, -0.15) is 4.31 Å². The highest BCUT2D eigenvalue weighted by Crippen LogP contribution is 2.47. The van der Waals surface area contributed by atoms with Gasteiger partial charge in [0.25, 0.3) is 0 Å². The van der Waals surface area contributed by atoms with Crippen molar-refractivity contribution in [2.45, 2.75) is 32.1 Å². The molecule has 1 aliphatic carbocycles. The summed E-state index contributed by atoms with van der Waals surface area (Å²) in [6.07, 6.45) is 5.54. The molecule has 0 radical (unpaired) electrons. The Morgan fingerprint density at radius 1 is 1.18 bits per heavy atom. The number of hydrogen-bond acceptors (Lipinski definition) is 2. The van der Waals surface area contributed by atoms with E-state index in [1.807, 2.05) is 19.1 Å². The van der Waals surface area contributed by atoms with Crippen molar-refractivity contribution in [3.05, 3.63) is 42.0 Å². The van der Waals surface area contributed by atoms with Crippen molar-refractivity contribution in [3.8, 4) is 0 Å². The molecule has 2 fully saturated rings. The second-order valence-electron chi connectivity index (χ2n) is 6.84. The molecule has 0 spiro atoms. The first-order valence-electron chi connectivity index (χ1n) is 8.13. The number of benzene rings is 1. The fraction of sp³-hybridized carbons (Fsp3) is 0.556. The molecule has 120 valence electrons. The van der Waals surface area contributed by atoms with Crippen molar-refractivity contribution in [2.24, 2.45) is 23.7 Å². The van der Waals surface area contributed by atoms with Crippen molar-refractivity contribution in [1.29, 1.82) is 0 Å². The van der Waals surface area contributed by atoms with Gasteiger partial charge in [-0.1, -0.05) is 36.8 Å². The summed E-state index contributed by atoms with van der Waals surface area (Å²) in [5.74, 6) is 2.20. The predicted molar refractivity (Wildman–Crippen MR) is 89.0 cm³/mol. The average Bonchev–Trinajstić information content (AvgIpc) is 3.01. The van der Waals surface area contributed by atoms with Gasteiger partial charge in [-0.25, -0.2) is 8.42 Å². The van der Waals surface area contributed by atoms with Crippen molar-refractivity contribution in [3.63, 3.8) is 0 Å². The molecule has 1 aromatic rings. The third-order valence-electron chi connectivity index (χ3n) is 5.48. The largest absolute Gasteiger partial charge is 0.243 e. The van der Waals surface area contributed by atoms with E-state index in [-0.39, 0.29) is 0 Å². The van der Waals surface area contributed by atoms with E-state index in [4.69, 9.17) is 0 Å². The fourth-order valence-corrected chi connectivity index (χ4v) is 5.67. The van der Waals surface area contributed by atoms with Gasteiger partial charge in [0.2, 0.25) is 10.0 Å². The Hall–Kier alpha value is -1.13. The van der Waals surface area contributed by atoms with Crippen molar-refractivity contribution < 1.29 is 8.42 Å². The monoisotopic (exact) mass is 319 g/mol. The number of hydrogen-bond donors (Lipinski definition) is 0. The number of aryl methyl sites for hydroxylation is 1. The lowest BCUT2D eigenvalue weighted by atomic mass is 9.90. The molecular formula is C18H25NO2S. The molecule has 0 bridgehead atoms. The van der Waals surface area contributed by atoms with Crippen LogP contribution in [0.2, 0.25) is 0 Å². The van der Waals surface area contributed by atoms with Crippen molar-refractivity contribution >= 4 is 10.0 Å². The van der Waals surface area contributed by atoms with E-state index in [0.29, 0.717) is 41.7 Å². The zero-order valence-electron chi connectivity index (χ0n) is 13.6. The molecule has 1 aromatic carbocycles. The van der Waals surface area contributed by atoms with Gasteiger partial charge in [0.1, 0.15) is 0 Å². The number of fused-ring (bicyclic) bond motifs is 1. The molecule has 22 heavy (non-hydrogen) atoms. The Kier molecular flexibility index (Phi) is 4.17. The van der Waals surface area contributed by atoms with Gasteiger partial charge in [0, 0.05) is 13.1 Å². The summed E-state index contributed by atoms with van der Waals surface area (Å²) in [6, 6.07) is 7.19. The molecule has 1 saturated carbocycles. The van der Waals surface area contributed by atoms with Gasteiger partial charge in [-0.05, 0) is 56.1 Å². The SMILES string of the molecule is C/C=C/[C@@H]1C[C@H]2CN(S(=O)(=O)c3ccc(C)cc3)C[C@H]2[C@@H]1C. The molecule has 0 N–H and O–H groups in total. The van der Waals surface area contributed by atoms with Gasteiger partial charge in [-0.3, -0.25) is 0 Å². The quantitative estimate of drug-likeness (QED) is 0.800. The summed E-state index contributed by atoms with van der Waals surface area (Å²) >= 11 is 0. The second-order valence-corrected chi connectivity index (χ2v) is 8.78. The van der Waals surface area contributed by atoms with E-state index in [2.05, 4.69) is 26.0 Å². The van der Waals surface area contributed by atoms with Gasteiger partial charge < -0.3 is 0 Å². The second kappa shape index (κ2) is 5.82. The van der Waals surface area contributed by atoms with E-state index < -0.39 is 10.0 Å². The highest BCUT2D eigenvalue weighted by Gasteiger charge is 2.47. The zero-order chi connectivity index (χ0) is 15.9. The molecule has 0 unspecified atom stereocenters. The van der Waals surface area contributed by atoms with Crippen LogP contribution in [0.15, 0.2) is 41.3 Å². The Morgan fingerprint density at radius 3 is 2.45 bits per heavy atom. The van der Waals surface area contributed by atoms with E-state index in [0.717, 1.165) is 12.0 Å². The van der Waals surface area contributed by atoms with Crippen LogP contribution in [-0.4, -0.2) is 25.8 Å². The smallest absolute Gasteiger partial charge is 0.207 e. The topological polar surface area (TPSA) is 37.4 Å². The molecule has 3 rings (SSSR count). The maximum absolute atomic E-state index is 12.8. The van der Waals surface area contributed by atoms with Crippen molar-refractivity contribution in [2.75, 3.05) is 13.1 Å². The van der Waals surface area contributed by atoms with Gasteiger partial charge in [-0.15, -0.1) is 0 Å². The van der Waals surface area contributed by atoms with E-state index in [1.54, 1.807) is 16.4 Å². The Labute approximate surface area is 134 Å². The summed E-state index contributed by atoms with van der Waals surface area (Å²) < 4.78 is 27.3. The van der Waals surface area contributed by atoms with Gasteiger partial charge in [0.05, 0.1) is 4.90 Å². The number of rotatable bonds is 3. The molecule has 1 saturated heterocycles. The molecule has 1 heterocycles. The highest BCUT2D eigenvalue weighted by atomic mass is 32.2. The molecule has 4 atom stereocenters. The van der Waals surface area contributed by atoms with Crippen LogP contribution < -0.4 is 0 Å². The van der Waals surface area contributed by atoms with Crippen LogP contribution in [0, 0.1) is 30.6 Å². The normalized spacial score (nSPS) is 32.7. The minimum Gasteiger partial charge on any atom is -0.207 e. The third kappa shape index (κ3) is 2.63. The van der Waals surface area contributed by atoms with E-state index >= 15 is 0 Å². The first-order chi connectivity index (χ1) is 10.4. The van der Waals surface area contributed by atoms with Crippen LogP contribution in [0.4, 0.5) is 0 Å². The van der Waals surface area contributed by atoms with Crippen LogP contribution in [0.1, 0.15) is 25.8 Å². The Bertz CT molecular complexity index is 663. The zero-order valence-corrected chi connectivity index (χ0v) is 14.4. The van der Waals surface area contributed by atoms with Gasteiger partial charge in [0.15, 0.2) is 0 Å². The molecular weight excluding hydrogens is 294 g/mol. The highest BCUT2D eigenvalue weighted by molar-refractivity contribution is 7.89. The van der Waals surface area contributed by atoms with Crippen LogP contribution >= 0.6 is 0 Å². The molecule has 0 amide bonds. The molecule has 4 heteroatoms. The molecule has 0 aromatic heterocycles. The maximum atomic E-state index is 12.8. The third-order valence-corrected chi connectivity index (χ3v) is 7.33. The summed E-state index contributed by atoms with van der Waals surface area (Å²) in [4.78, 5) is 0.427. The minimum atomic E-state index is -3.34. The van der Waals surface area contributed by atoms with E-state index in [9.17, 15) is 8.42 Å². The Morgan fingerprint density at radius 2 is 1.86 bits per heavy atom. The number of sulfonamides is 1. The lowest BCUT2D eigenvalue weighted by molar-refractivity contribution is 0.353. The summed E-state index contributed by atoms with van der Waals surface area (Å²) in [6.45, 7) is 7.67. The number of allylic oxidation sites excluding steroid dienone is 2. The van der Waals surface area contributed by atoms with Crippen LogP contribution in [-0.2, 0) is 10.0 Å². The maximum Gasteiger partial charge on any atom is 0.243 e. The summed E-state index contributed by atoms with van der Waals surface area (Å²) in [7, 11) is -3.34. The first kappa shape index (κ1) is 15.8. The first-order valence-corrected chi connectivity index (χ1v) is 9.57. The van der Waals surface area contributed by atoms with Gasteiger partial charge >= 0.3 is 0 Å². The minimum absolute atomic E-state index is 0.427.